The van der Waals surface area contributed by atoms with Gasteiger partial charge in [-0.2, -0.15) is 0 Å². The zero-order valence-electron chi connectivity index (χ0n) is 12.8. The van der Waals surface area contributed by atoms with E-state index in [1.54, 1.807) is 19.4 Å². The lowest BCUT2D eigenvalue weighted by molar-refractivity contribution is 0.0927. The average molecular weight is 314 g/mol. The Morgan fingerprint density at radius 3 is 3.04 bits per heavy atom. The number of piperidine rings is 1. The first-order valence-electron chi connectivity index (χ1n) is 7.44. The first-order valence-corrected chi connectivity index (χ1v) is 7.44. The number of nitrogens with one attached hydrogen (secondary N) is 1. The van der Waals surface area contributed by atoms with Crippen molar-refractivity contribution in [2.45, 2.75) is 18.9 Å². The first kappa shape index (κ1) is 15.1. The van der Waals surface area contributed by atoms with Crippen LogP contribution in [0.4, 0.5) is 5.82 Å². The van der Waals surface area contributed by atoms with Gasteiger partial charge in [0.1, 0.15) is 17.8 Å². The van der Waals surface area contributed by atoms with Crippen molar-refractivity contribution in [1.29, 1.82) is 0 Å². The van der Waals surface area contributed by atoms with E-state index in [2.05, 4.69) is 30.2 Å². The monoisotopic (exact) mass is 314 g/mol. The fourth-order valence-electron chi connectivity index (χ4n) is 2.59. The second-order valence-corrected chi connectivity index (χ2v) is 5.27. The predicted molar refractivity (Wildman–Crippen MR) is 83.3 cm³/mol. The molecule has 0 radical (unpaired) electrons. The van der Waals surface area contributed by atoms with Crippen LogP contribution in [0.25, 0.3) is 0 Å². The third-order valence-electron chi connectivity index (χ3n) is 3.71. The topological polar surface area (TPSA) is 93.1 Å². The van der Waals surface area contributed by atoms with E-state index < -0.39 is 0 Å². The van der Waals surface area contributed by atoms with Crippen LogP contribution < -0.4 is 15.0 Å². The number of ether oxygens (including phenoxy) is 1. The summed E-state index contributed by atoms with van der Waals surface area (Å²) in [5.41, 5.74) is 0.327. The molecule has 1 aliphatic heterocycles. The predicted octanol–water partition coefficient (Wildman–Crippen LogP) is 0.674. The van der Waals surface area contributed by atoms with Crippen LogP contribution in [-0.2, 0) is 0 Å². The third-order valence-corrected chi connectivity index (χ3v) is 3.71. The SMILES string of the molecule is COc1cc(N2CCCC(NC(=O)c3cnccn3)C2)ncn1. The van der Waals surface area contributed by atoms with Crippen LogP contribution in [0.5, 0.6) is 5.88 Å². The van der Waals surface area contributed by atoms with Crippen LogP contribution in [0.15, 0.2) is 31.0 Å². The summed E-state index contributed by atoms with van der Waals surface area (Å²) in [6, 6.07) is 1.84. The molecule has 1 unspecified atom stereocenters. The molecule has 8 nitrogen and oxygen atoms in total. The zero-order valence-corrected chi connectivity index (χ0v) is 12.8. The number of amides is 1. The van der Waals surface area contributed by atoms with Crippen LogP contribution >= 0.6 is 0 Å². The molecule has 2 aromatic heterocycles. The fraction of sp³-hybridized carbons (Fsp3) is 0.400. The van der Waals surface area contributed by atoms with Gasteiger partial charge in [0.05, 0.1) is 13.3 Å². The third kappa shape index (κ3) is 3.71. The second-order valence-electron chi connectivity index (χ2n) is 5.27. The molecule has 0 saturated carbocycles. The van der Waals surface area contributed by atoms with E-state index in [1.807, 2.05) is 0 Å². The smallest absolute Gasteiger partial charge is 0.271 e. The first-order chi connectivity index (χ1) is 11.3. The Labute approximate surface area is 134 Å². The van der Waals surface area contributed by atoms with Crippen LogP contribution in [0.1, 0.15) is 23.3 Å². The van der Waals surface area contributed by atoms with Crippen molar-refractivity contribution in [2.75, 3.05) is 25.1 Å². The number of nitrogens with zero attached hydrogens (tertiary/aromatic N) is 5. The van der Waals surface area contributed by atoms with Gasteiger partial charge in [-0.3, -0.25) is 9.78 Å². The molecular formula is C15H18N6O2. The quantitative estimate of drug-likeness (QED) is 0.886. The number of methoxy groups -OCH3 is 1. The number of aromatic nitrogens is 4. The number of hydrogen-bond acceptors (Lipinski definition) is 7. The van der Waals surface area contributed by atoms with Crippen molar-refractivity contribution in [3.63, 3.8) is 0 Å². The van der Waals surface area contributed by atoms with Crippen LogP contribution in [0, 0.1) is 0 Å². The molecule has 1 amide bonds. The number of carbonyl (C=O) groups excluding carboxylic acids is 1. The molecule has 1 saturated heterocycles. The molecule has 8 heteroatoms. The minimum Gasteiger partial charge on any atom is -0.481 e. The lowest BCUT2D eigenvalue weighted by Crippen LogP contribution is -2.48. The summed E-state index contributed by atoms with van der Waals surface area (Å²) in [6.45, 7) is 1.57. The van der Waals surface area contributed by atoms with Crippen LogP contribution in [-0.4, -0.2) is 52.1 Å². The van der Waals surface area contributed by atoms with Crippen molar-refractivity contribution in [3.05, 3.63) is 36.7 Å². The van der Waals surface area contributed by atoms with Crippen molar-refractivity contribution in [3.8, 4) is 5.88 Å². The van der Waals surface area contributed by atoms with E-state index in [0.29, 0.717) is 18.1 Å². The van der Waals surface area contributed by atoms with Gasteiger partial charge in [-0.1, -0.05) is 0 Å². The highest BCUT2D eigenvalue weighted by molar-refractivity contribution is 5.92. The van der Waals surface area contributed by atoms with E-state index in [9.17, 15) is 4.79 Å². The molecule has 0 bridgehead atoms. The minimum atomic E-state index is -0.204. The summed E-state index contributed by atoms with van der Waals surface area (Å²) in [5.74, 6) is 1.13. The molecular weight excluding hydrogens is 296 g/mol. The molecule has 3 heterocycles. The van der Waals surface area contributed by atoms with E-state index >= 15 is 0 Å². The van der Waals surface area contributed by atoms with Gasteiger partial charge in [-0.15, -0.1) is 0 Å². The largest absolute Gasteiger partial charge is 0.481 e. The van der Waals surface area contributed by atoms with Crippen molar-refractivity contribution in [1.82, 2.24) is 25.3 Å². The number of hydrogen-bond donors (Lipinski definition) is 1. The molecule has 0 spiro atoms. The minimum absolute atomic E-state index is 0.0409. The Morgan fingerprint density at radius 2 is 2.26 bits per heavy atom. The van der Waals surface area contributed by atoms with Gasteiger partial charge >= 0.3 is 0 Å². The van der Waals surface area contributed by atoms with E-state index in [-0.39, 0.29) is 11.9 Å². The Morgan fingerprint density at radius 1 is 1.35 bits per heavy atom. The van der Waals surface area contributed by atoms with Gasteiger partial charge in [-0.25, -0.2) is 15.0 Å². The Bertz CT molecular complexity index is 666. The number of rotatable bonds is 4. The zero-order chi connectivity index (χ0) is 16.1. The second kappa shape index (κ2) is 6.99. The normalized spacial score (nSPS) is 17.6. The lowest BCUT2D eigenvalue weighted by atomic mass is 10.1. The summed E-state index contributed by atoms with van der Waals surface area (Å²) in [6.07, 6.45) is 7.89. The molecule has 23 heavy (non-hydrogen) atoms. The molecule has 120 valence electrons. The van der Waals surface area contributed by atoms with E-state index in [4.69, 9.17) is 4.74 Å². The molecule has 1 aliphatic rings. The number of carbonyl (C=O) groups is 1. The lowest BCUT2D eigenvalue weighted by Gasteiger charge is -2.33. The summed E-state index contributed by atoms with van der Waals surface area (Å²) >= 11 is 0. The van der Waals surface area contributed by atoms with Gasteiger partial charge in [-0.05, 0) is 12.8 Å². The van der Waals surface area contributed by atoms with Gasteiger partial charge < -0.3 is 15.0 Å². The highest BCUT2D eigenvalue weighted by Gasteiger charge is 2.23. The fourth-order valence-corrected chi connectivity index (χ4v) is 2.59. The average Bonchev–Trinajstić information content (AvgIpc) is 2.63. The molecule has 1 fully saturated rings. The van der Waals surface area contributed by atoms with Gasteiger partial charge in [0.25, 0.3) is 5.91 Å². The molecule has 1 atom stereocenters. The van der Waals surface area contributed by atoms with Gasteiger partial charge in [0.2, 0.25) is 5.88 Å². The van der Waals surface area contributed by atoms with E-state index in [0.717, 1.165) is 25.2 Å². The molecule has 1 N–H and O–H groups in total. The molecule has 3 rings (SSSR count). The van der Waals surface area contributed by atoms with Crippen molar-refractivity contribution in [2.24, 2.45) is 0 Å². The maximum Gasteiger partial charge on any atom is 0.271 e. The molecule has 2 aromatic rings. The molecule has 0 aliphatic carbocycles. The highest BCUT2D eigenvalue weighted by atomic mass is 16.5. The Balaban J connectivity index is 1.65. The summed E-state index contributed by atoms with van der Waals surface area (Å²) in [4.78, 5) is 30.5. The summed E-state index contributed by atoms with van der Waals surface area (Å²) in [7, 11) is 1.58. The van der Waals surface area contributed by atoms with Gasteiger partial charge in [0, 0.05) is 37.6 Å². The van der Waals surface area contributed by atoms with Crippen LogP contribution in [0.2, 0.25) is 0 Å². The standard InChI is InChI=1S/C15H18N6O2/c1-23-14-7-13(18-10-19-14)21-6-2-3-11(9-21)20-15(22)12-8-16-4-5-17-12/h4-5,7-8,10-11H,2-3,6,9H2,1H3,(H,20,22). The number of anilines is 1. The van der Waals surface area contributed by atoms with Crippen LogP contribution in [0.3, 0.4) is 0 Å². The summed E-state index contributed by atoms with van der Waals surface area (Å²) < 4.78 is 5.13. The van der Waals surface area contributed by atoms with E-state index in [1.165, 1.54) is 18.7 Å². The summed E-state index contributed by atoms with van der Waals surface area (Å²) in [5, 5.41) is 3.01. The maximum atomic E-state index is 12.2. The Hall–Kier alpha value is -2.77. The maximum absolute atomic E-state index is 12.2. The van der Waals surface area contributed by atoms with Gasteiger partial charge in [0.15, 0.2) is 0 Å². The van der Waals surface area contributed by atoms with Crippen molar-refractivity contribution >= 4 is 11.7 Å². The highest BCUT2D eigenvalue weighted by Crippen LogP contribution is 2.20. The Kier molecular flexibility index (Phi) is 4.60. The molecule has 0 aromatic carbocycles. The van der Waals surface area contributed by atoms with Crippen molar-refractivity contribution < 1.29 is 9.53 Å².